The van der Waals surface area contributed by atoms with E-state index in [9.17, 15) is 13.2 Å². The average molecular weight is 431 g/mol. The van der Waals surface area contributed by atoms with E-state index in [-0.39, 0.29) is 23.9 Å². The van der Waals surface area contributed by atoms with Gasteiger partial charge in [0.25, 0.3) is 0 Å². The van der Waals surface area contributed by atoms with Crippen molar-refractivity contribution in [2.75, 3.05) is 6.54 Å². The summed E-state index contributed by atoms with van der Waals surface area (Å²) in [4.78, 5) is 13.5. The topological polar surface area (TPSA) is 66.5 Å². The number of benzene rings is 1. The molecule has 6 heteroatoms. The number of nitrogens with zero attached hydrogens (tertiary/aromatic N) is 1. The first-order valence-corrected chi connectivity index (χ1v) is 13.2. The van der Waals surface area contributed by atoms with Crippen molar-refractivity contribution >= 4 is 15.9 Å². The van der Waals surface area contributed by atoms with Crippen molar-refractivity contribution in [1.29, 1.82) is 0 Å². The molecule has 1 amide bonds. The minimum atomic E-state index is -3.59. The first-order chi connectivity index (χ1) is 14.3. The molecule has 5 aliphatic rings. The van der Waals surface area contributed by atoms with E-state index in [0.29, 0.717) is 11.4 Å². The number of carbonyl (C=O) groups excluding carboxylic acids is 1. The van der Waals surface area contributed by atoms with Crippen molar-refractivity contribution in [1.82, 2.24) is 9.62 Å². The number of carbonyl (C=O) groups is 1. The van der Waals surface area contributed by atoms with E-state index < -0.39 is 10.0 Å². The SMILES string of the molecule is Cc1ccccc1S(=O)(=O)N1CCCCC1CC(=O)NC12CC3CC(CC(C3)C1)C2. The number of rotatable bonds is 5. The molecule has 4 aliphatic carbocycles. The summed E-state index contributed by atoms with van der Waals surface area (Å²) in [5.41, 5.74) is 0.750. The Morgan fingerprint density at radius 3 is 2.33 bits per heavy atom. The van der Waals surface area contributed by atoms with Gasteiger partial charge < -0.3 is 5.32 Å². The van der Waals surface area contributed by atoms with Gasteiger partial charge in [0.1, 0.15) is 0 Å². The molecule has 164 valence electrons. The molecule has 1 unspecified atom stereocenters. The molecule has 5 nitrogen and oxygen atoms in total. The Hall–Kier alpha value is -1.40. The Labute approximate surface area is 180 Å². The molecule has 1 aliphatic heterocycles. The highest BCUT2D eigenvalue weighted by molar-refractivity contribution is 7.89. The first-order valence-electron chi connectivity index (χ1n) is 11.7. The summed E-state index contributed by atoms with van der Waals surface area (Å²) < 4.78 is 28.4. The summed E-state index contributed by atoms with van der Waals surface area (Å²) >= 11 is 0. The highest BCUT2D eigenvalue weighted by atomic mass is 32.2. The molecule has 30 heavy (non-hydrogen) atoms. The van der Waals surface area contributed by atoms with Crippen molar-refractivity contribution in [2.24, 2.45) is 17.8 Å². The van der Waals surface area contributed by atoms with Crippen LogP contribution in [0.1, 0.15) is 69.8 Å². The van der Waals surface area contributed by atoms with E-state index in [1.54, 1.807) is 16.4 Å². The van der Waals surface area contributed by atoms with Gasteiger partial charge in [0.15, 0.2) is 0 Å². The van der Waals surface area contributed by atoms with E-state index >= 15 is 0 Å². The molecule has 4 saturated carbocycles. The summed E-state index contributed by atoms with van der Waals surface area (Å²) in [6.45, 7) is 2.34. The van der Waals surface area contributed by atoms with Crippen LogP contribution in [-0.2, 0) is 14.8 Å². The Kier molecular flexibility index (Phi) is 5.21. The lowest BCUT2D eigenvalue weighted by Gasteiger charge is -2.57. The van der Waals surface area contributed by atoms with Crippen molar-refractivity contribution in [3.8, 4) is 0 Å². The largest absolute Gasteiger partial charge is 0.351 e. The third-order valence-electron chi connectivity index (χ3n) is 8.12. The predicted octanol–water partition coefficient (Wildman–Crippen LogP) is 4.01. The van der Waals surface area contributed by atoms with Crippen LogP contribution >= 0.6 is 0 Å². The molecule has 1 aromatic rings. The van der Waals surface area contributed by atoms with Crippen LogP contribution in [0.3, 0.4) is 0 Å². The first kappa shape index (κ1) is 20.5. The Balaban J connectivity index is 1.31. The molecule has 0 radical (unpaired) electrons. The van der Waals surface area contributed by atoms with Crippen LogP contribution in [0.25, 0.3) is 0 Å². The monoisotopic (exact) mass is 430 g/mol. The second kappa shape index (κ2) is 7.63. The van der Waals surface area contributed by atoms with Gasteiger partial charge in [-0.25, -0.2) is 8.42 Å². The van der Waals surface area contributed by atoms with Gasteiger partial charge in [-0.1, -0.05) is 24.6 Å². The number of nitrogens with one attached hydrogen (secondary N) is 1. The zero-order chi connectivity index (χ0) is 20.9. The van der Waals surface area contributed by atoms with E-state index in [1.165, 1.54) is 19.3 Å². The minimum absolute atomic E-state index is 0.0137. The maximum Gasteiger partial charge on any atom is 0.243 e. The Morgan fingerprint density at radius 1 is 1.07 bits per heavy atom. The lowest BCUT2D eigenvalue weighted by molar-refractivity contribution is -0.127. The molecule has 1 atom stereocenters. The summed E-state index contributed by atoms with van der Waals surface area (Å²) in [6, 6.07) is 6.93. The summed E-state index contributed by atoms with van der Waals surface area (Å²) in [7, 11) is -3.59. The molecule has 6 rings (SSSR count). The van der Waals surface area contributed by atoms with Crippen molar-refractivity contribution < 1.29 is 13.2 Å². The van der Waals surface area contributed by atoms with Crippen LogP contribution in [0, 0.1) is 24.7 Å². The van der Waals surface area contributed by atoms with Crippen molar-refractivity contribution in [2.45, 2.75) is 87.6 Å². The molecule has 1 heterocycles. The standard InChI is InChI=1S/C24H34N2O3S/c1-17-6-2-3-8-22(17)30(28,29)26-9-5-4-7-21(26)13-23(27)25-24-14-18-10-19(15-24)12-20(11-18)16-24/h2-3,6,8,18-21H,4-5,7,9-16H2,1H3,(H,25,27). The van der Waals surface area contributed by atoms with Crippen LogP contribution in [0.2, 0.25) is 0 Å². The van der Waals surface area contributed by atoms with Crippen LogP contribution in [-0.4, -0.2) is 36.8 Å². The van der Waals surface area contributed by atoms with Gasteiger partial charge in [-0.3, -0.25) is 4.79 Å². The fourth-order valence-electron chi connectivity index (χ4n) is 7.29. The highest BCUT2D eigenvalue weighted by Gasteiger charge is 2.51. The maximum absolute atomic E-state index is 13.4. The van der Waals surface area contributed by atoms with Crippen LogP contribution in [0.15, 0.2) is 29.2 Å². The zero-order valence-electron chi connectivity index (χ0n) is 18.0. The normalized spacial score (nSPS) is 36.0. The van der Waals surface area contributed by atoms with Gasteiger partial charge in [0.2, 0.25) is 15.9 Å². The third kappa shape index (κ3) is 3.70. The molecule has 1 N–H and O–H groups in total. The molecule has 0 aromatic heterocycles. The predicted molar refractivity (Wildman–Crippen MR) is 116 cm³/mol. The number of piperidine rings is 1. The van der Waals surface area contributed by atoms with Crippen LogP contribution < -0.4 is 5.32 Å². The third-order valence-corrected chi connectivity index (χ3v) is 10.2. The molecule has 1 saturated heterocycles. The van der Waals surface area contributed by atoms with E-state index in [1.807, 2.05) is 19.1 Å². The van der Waals surface area contributed by atoms with Gasteiger partial charge in [-0.2, -0.15) is 4.31 Å². The highest BCUT2D eigenvalue weighted by Crippen LogP contribution is 2.55. The van der Waals surface area contributed by atoms with Crippen LogP contribution in [0.4, 0.5) is 0 Å². The lowest BCUT2D eigenvalue weighted by Crippen LogP contribution is -2.60. The number of aryl methyl sites for hydroxylation is 1. The smallest absolute Gasteiger partial charge is 0.243 e. The number of hydrogen-bond acceptors (Lipinski definition) is 3. The molecule has 4 bridgehead atoms. The fraction of sp³-hybridized carbons (Fsp3) is 0.708. The van der Waals surface area contributed by atoms with E-state index in [0.717, 1.165) is 61.8 Å². The molecular formula is C24H34N2O3S. The second-order valence-electron chi connectivity index (χ2n) is 10.5. The van der Waals surface area contributed by atoms with Gasteiger partial charge in [-0.05, 0) is 87.7 Å². The molecule has 5 fully saturated rings. The Bertz CT molecular complexity index is 891. The number of sulfonamides is 1. The summed E-state index contributed by atoms with van der Waals surface area (Å²) in [5.74, 6) is 2.39. The van der Waals surface area contributed by atoms with Gasteiger partial charge in [-0.15, -0.1) is 0 Å². The Morgan fingerprint density at radius 2 is 1.70 bits per heavy atom. The van der Waals surface area contributed by atoms with Gasteiger partial charge >= 0.3 is 0 Å². The maximum atomic E-state index is 13.4. The number of hydrogen-bond donors (Lipinski definition) is 1. The summed E-state index contributed by atoms with van der Waals surface area (Å²) in [5, 5.41) is 3.43. The molecule has 0 spiro atoms. The van der Waals surface area contributed by atoms with E-state index in [2.05, 4.69) is 5.32 Å². The molecule has 1 aromatic carbocycles. The van der Waals surface area contributed by atoms with Gasteiger partial charge in [0.05, 0.1) is 4.90 Å². The lowest BCUT2D eigenvalue weighted by atomic mass is 9.53. The van der Waals surface area contributed by atoms with Crippen LogP contribution in [0.5, 0.6) is 0 Å². The van der Waals surface area contributed by atoms with E-state index in [4.69, 9.17) is 0 Å². The summed E-state index contributed by atoms with van der Waals surface area (Å²) in [6.07, 6.45) is 10.3. The minimum Gasteiger partial charge on any atom is -0.351 e. The van der Waals surface area contributed by atoms with Crippen molar-refractivity contribution in [3.63, 3.8) is 0 Å². The average Bonchev–Trinajstić information content (AvgIpc) is 2.67. The van der Waals surface area contributed by atoms with Crippen molar-refractivity contribution in [3.05, 3.63) is 29.8 Å². The molecular weight excluding hydrogens is 396 g/mol. The quantitative estimate of drug-likeness (QED) is 0.767. The number of amides is 1. The second-order valence-corrected chi connectivity index (χ2v) is 12.3. The fourth-order valence-corrected chi connectivity index (χ4v) is 9.21. The zero-order valence-corrected chi connectivity index (χ0v) is 18.8. The van der Waals surface area contributed by atoms with Gasteiger partial charge in [0, 0.05) is 24.5 Å².